The fourth-order valence-corrected chi connectivity index (χ4v) is 2.54. The van der Waals surface area contributed by atoms with Gasteiger partial charge in [0.1, 0.15) is 11.6 Å². The van der Waals surface area contributed by atoms with E-state index in [4.69, 9.17) is 0 Å². The zero-order valence-corrected chi connectivity index (χ0v) is 13.0. The Bertz CT molecular complexity index is 705. The Morgan fingerprint density at radius 3 is 2.70 bits per heavy atom. The Balaban J connectivity index is 1.98. The normalized spacial score (nSPS) is 10.2. The molecule has 0 aliphatic carbocycles. The number of halogens is 2. The molecule has 0 radical (unpaired) electrons. The molecule has 0 fully saturated rings. The Kier molecular flexibility index (Phi) is 5.64. The van der Waals surface area contributed by atoms with Gasteiger partial charge in [0.2, 0.25) is 0 Å². The van der Waals surface area contributed by atoms with E-state index < -0.39 is 29.2 Å². The number of hydrogen-bond acceptors (Lipinski definition) is 4. The number of anilines is 1. The lowest BCUT2D eigenvalue weighted by atomic mass is 10.2. The van der Waals surface area contributed by atoms with Crippen molar-refractivity contribution in [2.45, 2.75) is 6.42 Å². The van der Waals surface area contributed by atoms with Crippen LogP contribution in [0.1, 0.15) is 15.2 Å². The first-order valence-electron chi connectivity index (χ1n) is 6.66. The molecule has 2 aromatic rings. The van der Waals surface area contributed by atoms with Gasteiger partial charge >= 0.3 is 12.0 Å². The predicted octanol–water partition coefficient (Wildman–Crippen LogP) is 3.18. The second-order valence-electron chi connectivity index (χ2n) is 4.51. The van der Waals surface area contributed by atoms with Crippen LogP contribution in [0, 0.1) is 11.6 Å². The van der Waals surface area contributed by atoms with Crippen LogP contribution in [0.25, 0.3) is 0 Å². The minimum absolute atomic E-state index is 0.305. The van der Waals surface area contributed by atoms with Crippen LogP contribution < -0.4 is 10.6 Å². The molecule has 1 heterocycles. The maximum Gasteiger partial charge on any atom is 0.340 e. The Labute approximate surface area is 135 Å². The molecule has 23 heavy (non-hydrogen) atoms. The first kappa shape index (κ1) is 16.9. The van der Waals surface area contributed by atoms with Gasteiger partial charge in [0.15, 0.2) is 0 Å². The average Bonchev–Trinajstić information content (AvgIpc) is 3.02. The third-order valence-electron chi connectivity index (χ3n) is 2.95. The summed E-state index contributed by atoms with van der Waals surface area (Å²) in [6, 6.07) is 4.61. The van der Waals surface area contributed by atoms with Gasteiger partial charge in [-0.05, 0) is 23.9 Å². The number of methoxy groups -OCH3 is 1. The van der Waals surface area contributed by atoms with Crippen LogP contribution in [-0.2, 0) is 11.2 Å². The van der Waals surface area contributed by atoms with Gasteiger partial charge in [-0.25, -0.2) is 18.4 Å². The monoisotopic (exact) mass is 340 g/mol. The van der Waals surface area contributed by atoms with Gasteiger partial charge in [-0.3, -0.25) is 0 Å². The third kappa shape index (κ3) is 4.49. The van der Waals surface area contributed by atoms with E-state index in [2.05, 4.69) is 15.4 Å². The highest BCUT2D eigenvalue weighted by molar-refractivity contribution is 7.09. The number of nitrogens with one attached hydrogen (secondary N) is 2. The molecule has 8 heteroatoms. The topological polar surface area (TPSA) is 67.4 Å². The van der Waals surface area contributed by atoms with E-state index in [1.165, 1.54) is 0 Å². The van der Waals surface area contributed by atoms with E-state index in [1.807, 2.05) is 17.5 Å². The second-order valence-corrected chi connectivity index (χ2v) is 5.55. The summed E-state index contributed by atoms with van der Waals surface area (Å²) >= 11 is 1.57. The molecule has 1 aromatic carbocycles. The first-order valence-corrected chi connectivity index (χ1v) is 7.54. The number of esters is 1. The fraction of sp³-hybridized carbons (Fsp3) is 0.200. The summed E-state index contributed by atoms with van der Waals surface area (Å²) in [6.45, 7) is 0.360. The van der Waals surface area contributed by atoms with Crippen molar-refractivity contribution >= 4 is 29.0 Å². The molecule has 0 spiro atoms. The molecule has 122 valence electrons. The molecule has 1 aromatic heterocycles. The van der Waals surface area contributed by atoms with Crippen LogP contribution in [0.5, 0.6) is 0 Å². The lowest BCUT2D eigenvalue weighted by molar-refractivity contribution is 0.0595. The molecule has 2 N–H and O–H groups in total. The van der Waals surface area contributed by atoms with Crippen molar-refractivity contribution in [3.63, 3.8) is 0 Å². The number of benzene rings is 1. The van der Waals surface area contributed by atoms with Crippen molar-refractivity contribution < 1.29 is 23.1 Å². The highest BCUT2D eigenvalue weighted by Crippen LogP contribution is 2.20. The van der Waals surface area contributed by atoms with Crippen molar-refractivity contribution in [1.29, 1.82) is 0 Å². The van der Waals surface area contributed by atoms with Crippen molar-refractivity contribution in [2.24, 2.45) is 0 Å². The molecule has 2 rings (SSSR count). The number of hydrogen-bond donors (Lipinski definition) is 2. The molecule has 0 atom stereocenters. The Morgan fingerprint density at radius 2 is 2.04 bits per heavy atom. The van der Waals surface area contributed by atoms with Gasteiger partial charge in [0.25, 0.3) is 0 Å². The average molecular weight is 340 g/mol. The molecule has 0 unspecified atom stereocenters. The maximum atomic E-state index is 13.7. The largest absolute Gasteiger partial charge is 0.465 e. The molecule has 0 saturated heterocycles. The van der Waals surface area contributed by atoms with E-state index >= 15 is 0 Å². The van der Waals surface area contributed by atoms with Crippen LogP contribution in [-0.4, -0.2) is 25.7 Å². The van der Waals surface area contributed by atoms with Crippen molar-refractivity contribution in [3.8, 4) is 0 Å². The molecular weight excluding hydrogens is 326 g/mol. The molecule has 5 nitrogen and oxygen atoms in total. The number of thiophene rings is 1. The summed E-state index contributed by atoms with van der Waals surface area (Å²) in [5.41, 5.74) is -0.761. The van der Waals surface area contributed by atoms with Gasteiger partial charge in [0.05, 0.1) is 18.4 Å². The van der Waals surface area contributed by atoms with Crippen LogP contribution in [0.4, 0.5) is 19.3 Å². The van der Waals surface area contributed by atoms with Gasteiger partial charge in [-0.1, -0.05) is 6.07 Å². The summed E-state index contributed by atoms with van der Waals surface area (Å²) < 4.78 is 31.6. The molecule has 0 aliphatic heterocycles. The Morgan fingerprint density at radius 1 is 1.26 bits per heavy atom. The summed E-state index contributed by atoms with van der Waals surface area (Å²) in [5.74, 6) is -3.00. The summed E-state index contributed by atoms with van der Waals surface area (Å²) in [6.07, 6.45) is 0.643. The van der Waals surface area contributed by atoms with Crippen LogP contribution in [0.2, 0.25) is 0 Å². The van der Waals surface area contributed by atoms with E-state index in [9.17, 15) is 18.4 Å². The smallest absolute Gasteiger partial charge is 0.340 e. The minimum atomic E-state index is -1.06. The quantitative estimate of drug-likeness (QED) is 0.822. The number of ether oxygens (including phenoxy) is 1. The molecule has 2 amide bonds. The second kappa shape index (κ2) is 7.68. The number of carbonyl (C=O) groups is 2. The van der Waals surface area contributed by atoms with E-state index in [0.717, 1.165) is 18.1 Å². The SMILES string of the molecule is COC(=O)c1cc(NC(=O)NCCc2cccs2)c(F)cc1F. The first-order chi connectivity index (χ1) is 11.0. The molecule has 0 bridgehead atoms. The predicted molar refractivity (Wildman–Crippen MR) is 82.7 cm³/mol. The van der Waals surface area contributed by atoms with Crippen LogP contribution in [0.3, 0.4) is 0 Å². The van der Waals surface area contributed by atoms with Crippen molar-refractivity contribution in [3.05, 3.63) is 51.7 Å². The zero-order chi connectivity index (χ0) is 16.8. The van der Waals surface area contributed by atoms with Crippen molar-refractivity contribution in [1.82, 2.24) is 5.32 Å². The number of carbonyl (C=O) groups excluding carboxylic acids is 2. The van der Waals surface area contributed by atoms with E-state index in [-0.39, 0.29) is 5.69 Å². The van der Waals surface area contributed by atoms with E-state index in [1.54, 1.807) is 11.3 Å². The lowest BCUT2D eigenvalue weighted by Crippen LogP contribution is -2.30. The summed E-state index contributed by atoms with van der Waals surface area (Å²) in [7, 11) is 1.08. The van der Waals surface area contributed by atoms with Crippen LogP contribution >= 0.6 is 11.3 Å². The zero-order valence-electron chi connectivity index (χ0n) is 12.2. The minimum Gasteiger partial charge on any atom is -0.465 e. The molecule has 0 saturated carbocycles. The third-order valence-corrected chi connectivity index (χ3v) is 3.88. The van der Waals surface area contributed by atoms with E-state index in [0.29, 0.717) is 19.0 Å². The number of amides is 2. The van der Waals surface area contributed by atoms with Gasteiger partial charge < -0.3 is 15.4 Å². The molecule has 0 aliphatic rings. The highest BCUT2D eigenvalue weighted by Gasteiger charge is 2.17. The Hall–Kier alpha value is -2.48. The van der Waals surface area contributed by atoms with Gasteiger partial charge in [-0.15, -0.1) is 11.3 Å². The van der Waals surface area contributed by atoms with Gasteiger partial charge in [-0.2, -0.15) is 0 Å². The number of urea groups is 1. The highest BCUT2D eigenvalue weighted by atomic mass is 32.1. The maximum absolute atomic E-state index is 13.7. The summed E-state index contributed by atoms with van der Waals surface area (Å²) in [5, 5.41) is 6.72. The van der Waals surface area contributed by atoms with Crippen molar-refractivity contribution in [2.75, 3.05) is 19.0 Å². The van der Waals surface area contributed by atoms with Gasteiger partial charge in [0, 0.05) is 17.5 Å². The molecular formula is C15H14F2N2O3S. The summed E-state index contributed by atoms with van der Waals surface area (Å²) in [4.78, 5) is 24.2. The van der Waals surface area contributed by atoms with Crippen LogP contribution in [0.15, 0.2) is 29.6 Å². The number of rotatable bonds is 5. The lowest BCUT2D eigenvalue weighted by Gasteiger charge is -2.10. The standard InChI is InChI=1S/C15H14F2N2O3S/c1-22-14(20)10-7-13(12(17)8-11(10)16)19-15(21)18-5-4-9-3-2-6-23-9/h2-3,6-8H,4-5H2,1H3,(H2,18,19,21). The fourth-order valence-electron chi connectivity index (χ4n) is 1.83.